The number of amides is 1. The van der Waals surface area contributed by atoms with Crippen LogP contribution >= 0.6 is 0 Å². The van der Waals surface area contributed by atoms with Gasteiger partial charge in [0.2, 0.25) is 0 Å². The van der Waals surface area contributed by atoms with Crippen LogP contribution in [0.15, 0.2) is 54.6 Å². The van der Waals surface area contributed by atoms with Gasteiger partial charge in [-0.2, -0.15) is 5.26 Å². The molecule has 2 aromatic rings. The molecule has 0 saturated carbocycles. The zero-order valence-corrected chi connectivity index (χ0v) is 24.0. The van der Waals surface area contributed by atoms with Crippen molar-refractivity contribution in [2.24, 2.45) is 11.8 Å². The Balaban J connectivity index is 1.36. The molecule has 1 amide bonds. The average molecular weight is 547 g/mol. The van der Waals surface area contributed by atoms with Crippen molar-refractivity contribution >= 4 is 17.7 Å². The molecule has 0 radical (unpaired) electrons. The van der Waals surface area contributed by atoms with E-state index in [9.17, 15) is 14.9 Å². The number of esters is 1. The lowest BCUT2D eigenvalue weighted by atomic mass is 9.64. The Morgan fingerprint density at radius 1 is 1.10 bits per heavy atom. The van der Waals surface area contributed by atoms with Gasteiger partial charge >= 0.3 is 12.1 Å². The molecule has 2 aliphatic rings. The van der Waals surface area contributed by atoms with Crippen LogP contribution in [0.4, 0.5) is 10.5 Å². The number of hydrogen-bond donors (Lipinski definition) is 1. The van der Waals surface area contributed by atoms with Gasteiger partial charge in [0.05, 0.1) is 24.2 Å². The smallest absolute Gasteiger partial charge is 0.407 e. The van der Waals surface area contributed by atoms with E-state index < -0.39 is 11.5 Å². The van der Waals surface area contributed by atoms with Crippen LogP contribution in [-0.2, 0) is 14.9 Å². The van der Waals surface area contributed by atoms with E-state index >= 15 is 0 Å². The van der Waals surface area contributed by atoms with E-state index in [1.165, 1.54) is 7.11 Å². The normalized spacial score (nSPS) is 18.6. The lowest BCUT2D eigenvalue weighted by Crippen LogP contribution is -2.53. The van der Waals surface area contributed by atoms with Crippen LogP contribution < -0.4 is 10.2 Å². The van der Waals surface area contributed by atoms with Crippen molar-refractivity contribution in [2.45, 2.75) is 50.5 Å². The lowest BCUT2D eigenvalue weighted by molar-refractivity contribution is 0.0576. The summed E-state index contributed by atoms with van der Waals surface area (Å²) in [7, 11) is 2.96. The number of carbonyl (C=O) groups is 2. The molecule has 2 aliphatic heterocycles. The maximum atomic E-state index is 12.1. The maximum absolute atomic E-state index is 12.1. The van der Waals surface area contributed by atoms with E-state index in [0.717, 1.165) is 69.7 Å². The molecule has 0 spiro atoms. The molecule has 0 bridgehead atoms. The second kappa shape index (κ2) is 13.7. The zero-order chi connectivity index (χ0) is 28.5. The SMILES string of the molecule is CCC[C@H](CC(C#N)(c1ccccc1)C1CCN(CC2CN(c3ccc(C(=O)OC)cc3)C2)CC1)OC(=O)NC. The first-order chi connectivity index (χ1) is 19.4. The number of nitriles is 1. The molecule has 40 heavy (non-hydrogen) atoms. The van der Waals surface area contributed by atoms with Gasteiger partial charge in [-0.15, -0.1) is 0 Å². The summed E-state index contributed by atoms with van der Waals surface area (Å²) in [5.74, 6) is 0.473. The second-order valence-electron chi connectivity index (χ2n) is 11.1. The van der Waals surface area contributed by atoms with Gasteiger partial charge in [0.1, 0.15) is 6.10 Å². The number of rotatable bonds is 11. The van der Waals surface area contributed by atoms with Gasteiger partial charge in [0.15, 0.2) is 0 Å². The number of hydrogen-bond acceptors (Lipinski definition) is 7. The Morgan fingerprint density at radius 2 is 1.77 bits per heavy atom. The molecule has 2 heterocycles. The maximum Gasteiger partial charge on any atom is 0.407 e. The fourth-order valence-corrected chi connectivity index (χ4v) is 6.35. The van der Waals surface area contributed by atoms with E-state index in [-0.39, 0.29) is 18.0 Å². The Kier molecular flexibility index (Phi) is 10.1. The molecule has 2 aromatic carbocycles. The highest BCUT2D eigenvalue weighted by Gasteiger charge is 2.45. The monoisotopic (exact) mass is 546 g/mol. The van der Waals surface area contributed by atoms with Gasteiger partial charge in [-0.1, -0.05) is 43.7 Å². The number of methoxy groups -OCH3 is 1. The lowest BCUT2D eigenvalue weighted by Gasteiger charge is -2.46. The zero-order valence-electron chi connectivity index (χ0n) is 24.0. The fraction of sp³-hybridized carbons (Fsp3) is 0.531. The molecule has 4 rings (SSSR count). The number of benzene rings is 2. The Labute approximate surface area is 238 Å². The van der Waals surface area contributed by atoms with Crippen LogP contribution in [0.5, 0.6) is 0 Å². The van der Waals surface area contributed by atoms with E-state index in [2.05, 4.69) is 40.2 Å². The Bertz CT molecular complexity index is 1150. The second-order valence-corrected chi connectivity index (χ2v) is 11.1. The molecule has 8 heteroatoms. The van der Waals surface area contributed by atoms with Crippen LogP contribution in [0.25, 0.3) is 0 Å². The third-order valence-corrected chi connectivity index (χ3v) is 8.54. The van der Waals surface area contributed by atoms with Gasteiger partial charge in [-0.05, 0) is 68.1 Å². The van der Waals surface area contributed by atoms with E-state index in [0.29, 0.717) is 17.9 Å². The predicted octanol–water partition coefficient (Wildman–Crippen LogP) is 5.00. The van der Waals surface area contributed by atoms with Crippen molar-refractivity contribution in [2.75, 3.05) is 51.8 Å². The third kappa shape index (κ3) is 6.76. The van der Waals surface area contributed by atoms with E-state index in [4.69, 9.17) is 9.47 Å². The van der Waals surface area contributed by atoms with Crippen LogP contribution in [0.3, 0.4) is 0 Å². The fourth-order valence-electron chi connectivity index (χ4n) is 6.35. The molecular weight excluding hydrogens is 504 g/mol. The predicted molar refractivity (Wildman–Crippen MR) is 155 cm³/mol. The molecule has 0 aromatic heterocycles. The highest BCUT2D eigenvalue weighted by Crippen LogP contribution is 2.43. The van der Waals surface area contributed by atoms with Gasteiger partial charge in [-0.25, -0.2) is 9.59 Å². The first kappa shape index (κ1) is 29.4. The summed E-state index contributed by atoms with van der Waals surface area (Å²) >= 11 is 0. The summed E-state index contributed by atoms with van der Waals surface area (Å²) in [6.45, 7) is 7.04. The summed E-state index contributed by atoms with van der Waals surface area (Å²) in [6.07, 6.45) is 3.23. The molecule has 2 saturated heterocycles. The first-order valence-electron chi connectivity index (χ1n) is 14.4. The minimum atomic E-state index is -0.704. The van der Waals surface area contributed by atoms with Crippen molar-refractivity contribution in [3.8, 4) is 6.07 Å². The Hall–Kier alpha value is -3.57. The van der Waals surface area contributed by atoms with Crippen LogP contribution in [-0.4, -0.2) is 69.9 Å². The highest BCUT2D eigenvalue weighted by atomic mass is 16.6. The van der Waals surface area contributed by atoms with Gasteiger partial charge in [0.25, 0.3) is 0 Å². The summed E-state index contributed by atoms with van der Waals surface area (Å²) < 4.78 is 10.5. The number of carbonyl (C=O) groups excluding carboxylic acids is 2. The van der Waals surface area contributed by atoms with Crippen molar-refractivity contribution in [3.63, 3.8) is 0 Å². The van der Waals surface area contributed by atoms with Crippen molar-refractivity contribution < 1.29 is 19.1 Å². The first-order valence-corrected chi connectivity index (χ1v) is 14.4. The van der Waals surface area contributed by atoms with Gasteiger partial charge < -0.3 is 24.6 Å². The number of piperidine rings is 1. The number of anilines is 1. The highest BCUT2D eigenvalue weighted by molar-refractivity contribution is 5.89. The van der Waals surface area contributed by atoms with Crippen molar-refractivity contribution in [1.29, 1.82) is 5.26 Å². The van der Waals surface area contributed by atoms with Crippen molar-refractivity contribution in [3.05, 3.63) is 65.7 Å². The van der Waals surface area contributed by atoms with Crippen LogP contribution in [0.2, 0.25) is 0 Å². The van der Waals surface area contributed by atoms with E-state index in [1.54, 1.807) is 7.05 Å². The summed E-state index contributed by atoms with van der Waals surface area (Å²) in [6, 6.07) is 20.4. The molecular formula is C32H42N4O4. The topological polar surface area (TPSA) is 94.9 Å². The Morgan fingerprint density at radius 3 is 2.35 bits per heavy atom. The number of nitrogens with zero attached hydrogens (tertiary/aromatic N) is 3. The number of nitrogens with one attached hydrogen (secondary N) is 1. The summed E-state index contributed by atoms with van der Waals surface area (Å²) in [5.41, 5.74) is 2.01. The quantitative estimate of drug-likeness (QED) is 0.397. The van der Waals surface area contributed by atoms with Gasteiger partial charge in [-0.3, -0.25) is 0 Å². The summed E-state index contributed by atoms with van der Waals surface area (Å²) in [4.78, 5) is 28.7. The average Bonchev–Trinajstić information content (AvgIpc) is 2.98. The van der Waals surface area contributed by atoms with E-state index in [1.807, 2.05) is 42.5 Å². The molecule has 2 fully saturated rings. The minimum Gasteiger partial charge on any atom is -0.465 e. The van der Waals surface area contributed by atoms with Gasteiger partial charge in [0, 0.05) is 44.7 Å². The number of alkyl carbamates (subject to hydrolysis) is 1. The van der Waals surface area contributed by atoms with Crippen molar-refractivity contribution in [1.82, 2.24) is 10.2 Å². The minimum absolute atomic E-state index is 0.190. The van der Waals surface area contributed by atoms with Crippen LogP contribution in [0.1, 0.15) is 54.9 Å². The largest absolute Gasteiger partial charge is 0.465 e. The number of ether oxygens (including phenoxy) is 2. The molecule has 1 N–H and O–H groups in total. The van der Waals surface area contributed by atoms with Crippen LogP contribution in [0, 0.1) is 23.2 Å². The molecule has 0 aliphatic carbocycles. The molecule has 2 atom stereocenters. The number of likely N-dealkylation sites (tertiary alicyclic amines) is 1. The molecule has 1 unspecified atom stereocenters. The molecule has 8 nitrogen and oxygen atoms in total. The summed E-state index contributed by atoms with van der Waals surface area (Å²) in [5, 5.41) is 13.3. The molecule has 214 valence electrons. The third-order valence-electron chi connectivity index (χ3n) is 8.54. The standard InChI is InChI=1S/C32H42N4O4/c1-4-8-29(40-31(38)34-2)19-32(23-33,26-9-6-5-7-10-26)27-15-17-35(18-16-27)20-24-21-36(22-24)28-13-11-25(12-14-28)30(37)39-3/h5-7,9-14,24,27,29H,4,8,15-22H2,1-3H3,(H,34,38)/t29-,32?/m1/s1.